The molecule has 0 spiro atoms. The van der Waals surface area contributed by atoms with Gasteiger partial charge >= 0.3 is 0 Å². The van der Waals surface area contributed by atoms with Crippen molar-refractivity contribution in [2.75, 3.05) is 0 Å². The lowest BCUT2D eigenvalue weighted by Crippen LogP contribution is -1.92. The number of furan rings is 1. The van der Waals surface area contributed by atoms with Gasteiger partial charge in [0.2, 0.25) is 0 Å². The molecule has 0 N–H and O–H groups in total. The highest BCUT2D eigenvalue weighted by molar-refractivity contribution is 5.17. The maximum atomic E-state index is 5.87. The smallest absolute Gasteiger partial charge is 0.106 e. The first-order valence-electron chi connectivity index (χ1n) is 19.4. The van der Waals surface area contributed by atoms with Gasteiger partial charge in [-0.15, -0.1) is 0 Å². The van der Waals surface area contributed by atoms with Gasteiger partial charge in [0.25, 0.3) is 0 Å². The lowest BCUT2D eigenvalue weighted by Gasteiger charge is -2.05. The molecule has 1 heteroatoms. The Morgan fingerprint density at radius 3 is 0.927 bits per heavy atom. The molecule has 242 valence electrons. The second-order valence-corrected chi connectivity index (χ2v) is 13.5. The molecule has 0 fully saturated rings. The normalized spacial score (nSPS) is 11.6. The van der Waals surface area contributed by atoms with Gasteiger partial charge in [-0.2, -0.15) is 0 Å². The van der Waals surface area contributed by atoms with Gasteiger partial charge in [-0.1, -0.05) is 206 Å². The molecular weight excluding hydrogens is 496 g/mol. The molecule has 41 heavy (non-hydrogen) atoms. The number of hydrogen-bond acceptors (Lipinski definition) is 1. The van der Waals surface area contributed by atoms with Crippen molar-refractivity contribution in [1.82, 2.24) is 0 Å². The molecule has 1 nitrogen and oxygen atoms in total. The van der Waals surface area contributed by atoms with Crippen LogP contribution in [0.3, 0.4) is 0 Å². The van der Waals surface area contributed by atoms with E-state index in [9.17, 15) is 0 Å². The van der Waals surface area contributed by atoms with E-state index in [-0.39, 0.29) is 0 Å². The molecule has 1 aromatic rings. The zero-order valence-electron chi connectivity index (χ0n) is 28.6. The van der Waals surface area contributed by atoms with E-state index in [4.69, 9.17) is 4.42 Å². The predicted molar refractivity (Wildman–Crippen MR) is 185 cm³/mol. The average Bonchev–Trinajstić information content (AvgIpc) is 3.43. The van der Waals surface area contributed by atoms with Gasteiger partial charge in [0.05, 0.1) is 6.26 Å². The van der Waals surface area contributed by atoms with Crippen LogP contribution in [0, 0.1) is 0 Å². The van der Waals surface area contributed by atoms with Crippen molar-refractivity contribution in [3.63, 3.8) is 0 Å². The first-order valence-corrected chi connectivity index (χ1v) is 19.4. The first kappa shape index (κ1) is 38.3. The van der Waals surface area contributed by atoms with Crippen LogP contribution in [0.2, 0.25) is 0 Å². The summed E-state index contributed by atoms with van der Waals surface area (Å²) >= 11 is 0. The van der Waals surface area contributed by atoms with Crippen LogP contribution in [-0.2, 0) is 12.8 Å². The first-order chi connectivity index (χ1) is 20.4. The lowest BCUT2D eigenvalue weighted by atomic mass is 10.0. The fourth-order valence-electron chi connectivity index (χ4n) is 6.51. The minimum atomic E-state index is 1.15. The molecule has 0 aromatic carbocycles. The van der Waals surface area contributed by atoms with Crippen LogP contribution in [0.1, 0.15) is 231 Å². The highest BCUT2D eigenvalue weighted by atomic mass is 16.3. The van der Waals surface area contributed by atoms with Crippen molar-refractivity contribution in [2.45, 2.75) is 232 Å². The van der Waals surface area contributed by atoms with E-state index in [1.807, 2.05) is 6.26 Å². The van der Waals surface area contributed by atoms with E-state index in [2.05, 4.69) is 19.9 Å². The van der Waals surface area contributed by atoms with Crippen molar-refractivity contribution < 1.29 is 4.42 Å². The quantitative estimate of drug-likeness (QED) is 0.0748. The van der Waals surface area contributed by atoms with E-state index in [1.54, 1.807) is 0 Å². The van der Waals surface area contributed by atoms with Crippen molar-refractivity contribution in [3.05, 3.63) is 23.7 Å². The van der Waals surface area contributed by atoms with Crippen LogP contribution in [0.5, 0.6) is 0 Å². The van der Waals surface area contributed by atoms with Gasteiger partial charge < -0.3 is 4.42 Å². The van der Waals surface area contributed by atoms with Crippen LogP contribution < -0.4 is 0 Å². The molecular formula is C40H76O. The highest BCUT2D eigenvalue weighted by Crippen LogP contribution is 2.20. The minimum Gasteiger partial charge on any atom is -0.469 e. The van der Waals surface area contributed by atoms with Crippen LogP contribution >= 0.6 is 0 Å². The van der Waals surface area contributed by atoms with Gasteiger partial charge in [-0.05, 0) is 30.9 Å². The van der Waals surface area contributed by atoms with E-state index < -0.39 is 0 Å². The van der Waals surface area contributed by atoms with E-state index in [0.717, 1.165) is 6.42 Å². The third kappa shape index (κ3) is 26.6. The zero-order valence-corrected chi connectivity index (χ0v) is 28.6. The molecule has 0 bridgehead atoms. The summed E-state index contributed by atoms with van der Waals surface area (Å²) in [5.41, 5.74) is 1.50. The molecule has 1 rings (SSSR count). The van der Waals surface area contributed by atoms with Crippen LogP contribution in [-0.4, -0.2) is 0 Å². The summed E-state index contributed by atoms with van der Waals surface area (Å²) in [4.78, 5) is 0. The molecule has 0 atom stereocenters. The molecule has 1 aromatic heterocycles. The molecule has 0 saturated heterocycles. The Balaban J connectivity index is 1.82. The minimum absolute atomic E-state index is 1.15. The molecule has 0 unspecified atom stereocenters. The zero-order chi connectivity index (χ0) is 29.3. The Hall–Kier alpha value is -0.720. The monoisotopic (exact) mass is 573 g/mol. The summed E-state index contributed by atoms with van der Waals surface area (Å²) in [6, 6.07) is 2.24. The molecule has 0 amide bonds. The van der Waals surface area contributed by atoms with Gasteiger partial charge in [0.1, 0.15) is 5.76 Å². The summed E-state index contributed by atoms with van der Waals surface area (Å²) in [7, 11) is 0. The Labute approximate surface area is 259 Å². The third-order valence-corrected chi connectivity index (χ3v) is 9.39. The number of unbranched alkanes of at least 4 members (excludes halogenated alkanes) is 30. The van der Waals surface area contributed by atoms with Crippen molar-refractivity contribution in [2.24, 2.45) is 0 Å². The Morgan fingerprint density at radius 1 is 0.341 bits per heavy atom. The van der Waals surface area contributed by atoms with Crippen molar-refractivity contribution in [1.29, 1.82) is 0 Å². The molecule has 0 aliphatic heterocycles. The Kier molecular flexibility index (Phi) is 30.1. The second kappa shape index (κ2) is 32.2. The third-order valence-electron chi connectivity index (χ3n) is 9.39. The highest BCUT2D eigenvalue weighted by Gasteiger charge is 2.06. The summed E-state index contributed by atoms with van der Waals surface area (Å²) in [6.45, 7) is 4.61. The van der Waals surface area contributed by atoms with Crippen LogP contribution in [0.4, 0.5) is 0 Å². The van der Waals surface area contributed by atoms with Crippen molar-refractivity contribution in [3.8, 4) is 0 Å². The predicted octanol–water partition coefficient (Wildman–Crippen LogP) is 14.9. The Bertz CT molecular complexity index is 551. The van der Waals surface area contributed by atoms with E-state index >= 15 is 0 Å². The molecule has 0 aliphatic rings. The maximum Gasteiger partial charge on any atom is 0.106 e. The average molecular weight is 573 g/mol. The molecule has 0 aliphatic carbocycles. The van der Waals surface area contributed by atoms with Crippen molar-refractivity contribution >= 4 is 0 Å². The SMILES string of the molecule is CCCCCCCCCCCCCCCCCCc1ccoc1CCCCCCCCCCCCCCCCCC. The van der Waals surface area contributed by atoms with Gasteiger partial charge in [0.15, 0.2) is 0 Å². The maximum absolute atomic E-state index is 5.87. The molecule has 0 saturated carbocycles. The van der Waals surface area contributed by atoms with Crippen LogP contribution in [0.25, 0.3) is 0 Å². The van der Waals surface area contributed by atoms with Gasteiger partial charge in [-0.3, -0.25) is 0 Å². The fraction of sp³-hybridized carbons (Fsp3) is 0.900. The van der Waals surface area contributed by atoms with E-state index in [1.165, 1.54) is 223 Å². The topological polar surface area (TPSA) is 13.1 Å². The number of aryl methyl sites for hydroxylation is 2. The number of rotatable bonds is 34. The fourth-order valence-corrected chi connectivity index (χ4v) is 6.51. The summed E-state index contributed by atoms with van der Waals surface area (Å²) in [5.74, 6) is 1.29. The lowest BCUT2D eigenvalue weighted by molar-refractivity contribution is 0.483. The molecule has 1 heterocycles. The summed E-state index contributed by atoms with van der Waals surface area (Å²) < 4.78 is 5.87. The molecule has 0 radical (unpaired) electrons. The van der Waals surface area contributed by atoms with Gasteiger partial charge in [0, 0.05) is 6.42 Å². The van der Waals surface area contributed by atoms with E-state index in [0.29, 0.717) is 0 Å². The summed E-state index contributed by atoms with van der Waals surface area (Å²) in [5, 5.41) is 0. The largest absolute Gasteiger partial charge is 0.469 e. The number of hydrogen-bond donors (Lipinski definition) is 0. The Morgan fingerprint density at radius 2 is 0.610 bits per heavy atom. The van der Waals surface area contributed by atoms with Crippen LogP contribution in [0.15, 0.2) is 16.7 Å². The van der Waals surface area contributed by atoms with Gasteiger partial charge in [-0.25, -0.2) is 0 Å². The standard InChI is InChI=1S/C40H76O/c1-3-5-7-9-11-13-15-17-19-21-23-25-27-29-31-33-35-39-37-38-41-40(39)36-34-32-30-28-26-24-22-20-18-16-14-12-10-8-6-4-2/h37-38H,3-36H2,1-2H3. The second-order valence-electron chi connectivity index (χ2n) is 13.5. The summed E-state index contributed by atoms with van der Waals surface area (Å²) in [6.07, 6.45) is 50.3.